The third-order valence-corrected chi connectivity index (χ3v) is 3.30. The highest BCUT2D eigenvalue weighted by molar-refractivity contribution is 9.11. The number of nitrogens with zero attached hydrogens (tertiary/aromatic N) is 1. The Hall–Kier alpha value is -0.990. The van der Waals surface area contributed by atoms with Crippen molar-refractivity contribution in [3.05, 3.63) is 20.8 Å². The Morgan fingerprint density at radius 3 is 3.00 bits per heavy atom. The molecule has 86 valence electrons. The summed E-state index contributed by atoms with van der Waals surface area (Å²) in [7, 11) is 0. The first-order valence-electron chi connectivity index (χ1n) is 4.94. The van der Waals surface area contributed by atoms with Crippen molar-refractivity contribution in [2.75, 3.05) is 13.1 Å². The van der Waals surface area contributed by atoms with Gasteiger partial charge < -0.3 is 10.6 Å². The fraction of sp³-hybridized carbons (Fsp3) is 0.364. The lowest BCUT2D eigenvalue weighted by Gasteiger charge is -2.08. The van der Waals surface area contributed by atoms with Crippen LogP contribution in [0.1, 0.15) is 12.5 Å². The quantitative estimate of drug-likeness (QED) is 0.508. The van der Waals surface area contributed by atoms with Gasteiger partial charge in [0.15, 0.2) is 5.96 Å². The van der Waals surface area contributed by atoms with Crippen LogP contribution >= 0.6 is 27.3 Å². The highest BCUT2D eigenvalue weighted by Crippen LogP contribution is 2.20. The molecule has 0 amide bonds. The van der Waals surface area contributed by atoms with Gasteiger partial charge in [0, 0.05) is 6.54 Å². The van der Waals surface area contributed by atoms with E-state index in [1.807, 2.05) is 6.92 Å². The first-order chi connectivity index (χ1) is 7.76. The standard InChI is InChI=1S/C11H14BrN3S/c1-3-5-14-11(13-4-2)15-7-9-6-10(12)16-8-9/h1,6,8H,4-5,7H2,2H3,(H2,13,14,15). The molecule has 5 heteroatoms. The van der Waals surface area contributed by atoms with Gasteiger partial charge >= 0.3 is 0 Å². The minimum Gasteiger partial charge on any atom is -0.357 e. The van der Waals surface area contributed by atoms with Crippen LogP contribution < -0.4 is 10.6 Å². The number of aliphatic imine (C=N–C) groups is 1. The summed E-state index contributed by atoms with van der Waals surface area (Å²) >= 11 is 5.09. The summed E-state index contributed by atoms with van der Waals surface area (Å²) < 4.78 is 1.12. The summed E-state index contributed by atoms with van der Waals surface area (Å²) in [4.78, 5) is 4.42. The SMILES string of the molecule is C#CCNC(=NCc1csc(Br)c1)NCC. The predicted octanol–water partition coefficient (Wildman–Crippen LogP) is 2.20. The van der Waals surface area contributed by atoms with E-state index < -0.39 is 0 Å². The maximum absolute atomic E-state index is 5.18. The molecule has 3 nitrogen and oxygen atoms in total. The van der Waals surface area contributed by atoms with Crippen molar-refractivity contribution in [3.8, 4) is 12.3 Å². The number of halogens is 1. The van der Waals surface area contributed by atoms with E-state index in [2.05, 4.69) is 48.9 Å². The van der Waals surface area contributed by atoms with E-state index in [1.54, 1.807) is 11.3 Å². The normalized spacial score (nSPS) is 10.9. The van der Waals surface area contributed by atoms with Gasteiger partial charge in [-0.15, -0.1) is 17.8 Å². The molecule has 0 saturated heterocycles. The molecule has 0 spiro atoms. The van der Waals surface area contributed by atoms with E-state index in [4.69, 9.17) is 6.42 Å². The first-order valence-corrected chi connectivity index (χ1v) is 6.62. The molecular formula is C11H14BrN3S. The van der Waals surface area contributed by atoms with Crippen LogP contribution in [0.25, 0.3) is 0 Å². The van der Waals surface area contributed by atoms with Gasteiger partial charge in [-0.1, -0.05) is 5.92 Å². The molecule has 1 aromatic rings. The summed E-state index contributed by atoms with van der Waals surface area (Å²) in [5.74, 6) is 3.27. The van der Waals surface area contributed by atoms with Crippen LogP contribution in [0.5, 0.6) is 0 Å². The third-order valence-electron chi connectivity index (χ3n) is 1.74. The lowest BCUT2D eigenvalue weighted by Crippen LogP contribution is -2.37. The van der Waals surface area contributed by atoms with Crippen LogP contribution in [0.2, 0.25) is 0 Å². The molecule has 0 aromatic carbocycles. The van der Waals surface area contributed by atoms with Gasteiger partial charge in [-0.25, -0.2) is 4.99 Å². The second kappa shape index (κ2) is 7.31. The van der Waals surface area contributed by atoms with Crippen LogP contribution in [0.3, 0.4) is 0 Å². The van der Waals surface area contributed by atoms with Crippen LogP contribution in [-0.2, 0) is 6.54 Å². The molecule has 0 aliphatic heterocycles. The number of guanidine groups is 1. The van der Waals surface area contributed by atoms with Gasteiger partial charge in [0.2, 0.25) is 0 Å². The van der Waals surface area contributed by atoms with Crippen molar-refractivity contribution in [2.45, 2.75) is 13.5 Å². The number of nitrogens with one attached hydrogen (secondary N) is 2. The van der Waals surface area contributed by atoms with Gasteiger partial charge in [0.1, 0.15) is 0 Å². The van der Waals surface area contributed by atoms with E-state index in [1.165, 1.54) is 5.56 Å². The van der Waals surface area contributed by atoms with E-state index in [0.29, 0.717) is 13.1 Å². The van der Waals surface area contributed by atoms with Crippen molar-refractivity contribution in [1.29, 1.82) is 0 Å². The molecule has 0 atom stereocenters. The molecule has 0 radical (unpaired) electrons. The molecule has 0 bridgehead atoms. The second-order valence-electron chi connectivity index (χ2n) is 3.01. The molecule has 0 unspecified atom stereocenters. The molecule has 0 aliphatic rings. The topological polar surface area (TPSA) is 36.4 Å². The van der Waals surface area contributed by atoms with Gasteiger partial charge in [0.05, 0.1) is 16.9 Å². The summed E-state index contributed by atoms with van der Waals surface area (Å²) in [5.41, 5.74) is 1.19. The summed E-state index contributed by atoms with van der Waals surface area (Å²) in [6, 6.07) is 2.07. The van der Waals surface area contributed by atoms with Crippen molar-refractivity contribution in [1.82, 2.24) is 10.6 Å². The van der Waals surface area contributed by atoms with E-state index in [-0.39, 0.29) is 0 Å². The van der Waals surface area contributed by atoms with Crippen molar-refractivity contribution < 1.29 is 0 Å². The zero-order valence-corrected chi connectivity index (χ0v) is 11.5. The Balaban J connectivity index is 2.53. The zero-order valence-electron chi connectivity index (χ0n) is 9.09. The van der Waals surface area contributed by atoms with E-state index in [9.17, 15) is 0 Å². The highest BCUT2D eigenvalue weighted by Gasteiger charge is 1.98. The van der Waals surface area contributed by atoms with Gasteiger partial charge in [-0.05, 0) is 39.9 Å². The molecule has 16 heavy (non-hydrogen) atoms. The number of rotatable bonds is 4. The Kier molecular flexibility index (Phi) is 5.98. The number of thiophene rings is 1. The molecule has 0 fully saturated rings. The van der Waals surface area contributed by atoms with Crippen molar-refractivity contribution in [3.63, 3.8) is 0 Å². The van der Waals surface area contributed by atoms with Gasteiger partial charge in [-0.3, -0.25) is 0 Å². The summed E-state index contributed by atoms with van der Waals surface area (Å²) in [6.45, 7) is 3.99. The first kappa shape index (κ1) is 13.1. The third kappa shape index (κ3) is 4.69. The molecule has 0 aliphatic carbocycles. The number of hydrogen-bond acceptors (Lipinski definition) is 2. The van der Waals surface area contributed by atoms with Gasteiger partial charge in [-0.2, -0.15) is 0 Å². The smallest absolute Gasteiger partial charge is 0.192 e. The average molecular weight is 300 g/mol. The van der Waals surface area contributed by atoms with Crippen LogP contribution in [0.4, 0.5) is 0 Å². The summed E-state index contributed by atoms with van der Waals surface area (Å²) in [5, 5.41) is 8.25. The Morgan fingerprint density at radius 2 is 2.44 bits per heavy atom. The molecule has 0 saturated carbocycles. The molecule has 1 heterocycles. The average Bonchev–Trinajstić information content (AvgIpc) is 2.68. The van der Waals surface area contributed by atoms with Crippen LogP contribution in [0.15, 0.2) is 20.2 Å². The molecule has 1 aromatic heterocycles. The fourth-order valence-corrected chi connectivity index (χ4v) is 2.28. The van der Waals surface area contributed by atoms with Crippen molar-refractivity contribution >= 4 is 33.2 Å². The number of terminal acetylenes is 1. The van der Waals surface area contributed by atoms with Crippen LogP contribution in [-0.4, -0.2) is 19.0 Å². The Morgan fingerprint density at radius 1 is 1.62 bits per heavy atom. The minimum atomic E-state index is 0.485. The van der Waals surface area contributed by atoms with Gasteiger partial charge in [0.25, 0.3) is 0 Å². The van der Waals surface area contributed by atoms with Crippen molar-refractivity contribution in [2.24, 2.45) is 4.99 Å². The van der Waals surface area contributed by atoms with Crippen LogP contribution in [0, 0.1) is 12.3 Å². The molecule has 1 rings (SSSR count). The summed E-state index contributed by atoms with van der Waals surface area (Å²) in [6.07, 6.45) is 5.18. The Bertz CT molecular complexity index is 392. The number of hydrogen-bond donors (Lipinski definition) is 2. The lowest BCUT2D eigenvalue weighted by atomic mass is 10.3. The highest BCUT2D eigenvalue weighted by atomic mass is 79.9. The lowest BCUT2D eigenvalue weighted by molar-refractivity contribution is 0.866. The van der Waals surface area contributed by atoms with E-state index in [0.717, 1.165) is 16.3 Å². The minimum absolute atomic E-state index is 0.485. The molecular weight excluding hydrogens is 286 g/mol. The predicted molar refractivity (Wildman–Crippen MR) is 73.7 cm³/mol. The fourth-order valence-electron chi connectivity index (χ4n) is 1.08. The monoisotopic (exact) mass is 299 g/mol. The second-order valence-corrected chi connectivity index (χ2v) is 5.30. The zero-order chi connectivity index (χ0) is 11.8. The van der Waals surface area contributed by atoms with E-state index >= 15 is 0 Å². The molecule has 2 N–H and O–H groups in total. The maximum atomic E-state index is 5.18. The Labute approximate surface area is 108 Å². The maximum Gasteiger partial charge on any atom is 0.192 e. The largest absolute Gasteiger partial charge is 0.357 e.